The van der Waals surface area contributed by atoms with Gasteiger partial charge >= 0.3 is 0 Å². The van der Waals surface area contributed by atoms with Crippen molar-refractivity contribution in [3.05, 3.63) is 53.5 Å². The lowest BCUT2D eigenvalue weighted by molar-refractivity contribution is -0.122. The van der Waals surface area contributed by atoms with E-state index in [1.54, 1.807) is 0 Å². The number of aryl methyl sites for hydroxylation is 1. The van der Waals surface area contributed by atoms with Crippen LogP contribution in [0.5, 0.6) is 0 Å². The molecule has 1 aromatic carbocycles. The number of carbonyl (C=O) groups excluding carboxylic acids is 1. The Morgan fingerprint density at radius 2 is 2.04 bits per heavy atom. The van der Waals surface area contributed by atoms with E-state index in [1.807, 2.05) is 19.1 Å². The average molecular weight is 327 g/mol. The molecule has 1 atom stereocenters. The molecule has 2 aromatic rings. The summed E-state index contributed by atoms with van der Waals surface area (Å²) < 4.78 is 5.54. The number of nitrogens with one attached hydrogen (secondary N) is 1. The van der Waals surface area contributed by atoms with Gasteiger partial charge < -0.3 is 20.4 Å². The second-order valence-electron chi connectivity index (χ2n) is 6.47. The zero-order chi connectivity index (χ0) is 16.9. The maximum atomic E-state index is 11.4. The van der Waals surface area contributed by atoms with Crippen molar-refractivity contribution >= 4 is 11.6 Å². The predicted molar refractivity (Wildman–Crippen MR) is 94.6 cm³/mol. The molecule has 3 N–H and O–H groups in total. The number of carbonyl (C=O) groups is 1. The molecule has 24 heavy (non-hydrogen) atoms. The van der Waals surface area contributed by atoms with Crippen molar-refractivity contribution in [1.29, 1.82) is 0 Å². The Kier molecular flexibility index (Phi) is 5.20. The lowest BCUT2D eigenvalue weighted by Crippen LogP contribution is -2.41. The Bertz CT molecular complexity index is 678. The Hall–Kier alpha value is -2.27. The number of benzene rings is 1. The molecule has 0 saturated carbocycles. The van der Waals surface area contributed by atoms with Crippen LogP contribution in [0.4, 0.5) is 5.69 Å². The third kappa shape index (κ3) is 4.17. The van der Waals surface area contributed by atoms with E-state index in [4.69, 9.17) is 10.2 Å². The van der Waals surface area contributed by atoms with Gasteiger partial charge in [0.15, 0.2) is 0 Å². The summed E-state index contributed by atoms with van der Waals surface area (Å²) in [6.45, 7) is 5.18. The lowest BCUT2D eigenvalue weighted by atomic mass is 9.97. The fourth-order valence-electron chi connectivity index (χ4n) is 3.18. The molecule has 1 fully saturated rings. The van der Waals surface area contributed by atoms with Gasteiger partial charge in [-0.15, -0.1) is 0 Å². The zero-order valence-corrected chi connectivity index (χ0v) is 14.1. The van der Waals surface area contributed by atoms with E-state index in [0.717, 1.165) is 56.2 Å². The number of rotatable bonds is 6. The van der Waals surface area contributed by atoms with Crippen molar-refractivity contribution < 1.29 is 9.21 Å². The van der Waals surface area contributed by atoms with Gasteiger partial charge in [0.25, 0.3) is 0 Å². The number of piperidine rings is 1. The smallest absolute Gasteiger partial charge is 0.222 e. The SMILES string of the molecule is Cc1ccc(CNCc2ccc(N3CCC[C@@H](C(N)=O)C3)cc2)o1. The van der Waals surface area contributed by atoms with E-state index >= 15 is 0 Å². The summed E-state index contributed by atoms with van der Waals surface area (Å²) in [7, 11) is 0. The molecule has 5 nitrogen and oxygen atoms in total. The van der Waals surface area contributed by atoms with Gasteiger partial charge in [0.2, 0.25) is 5.91 Å². The monoisotopic (exact) mass is 327 g/mol. The minimum atomic E-state index is -0.186. The molecule has 128 valence electrons. The molecule has 1 aliphatic heterocycles. The molecule has 3 rings (SSSR count). The fraction of sp³-hybridized carbons (Fsp3) is 0.421. The minimum absolute atomic E-state index is 0.0307. The van der Waals surface area contributed by atoms with Crippen molar-refractivity contribution in [2.24, 2.45) is 11.7 Å². The number of primary amides is 1. The number of hydrogen-bond acceptors (Lipinski definition) is 4. The van der Waals surface area contributed by atoms with Crippen LogP contribution in [-0.2, 0) is 17.9 Å². The lowest BCUT2D eigenvalue weighted by Gasteiger charge is -2.33. The topological polar surface area (TPSA) is 71.5 Å². The van der Waals surface area contributed by atoms with Crippen LogP contribution in [0.2, 0.25) is 0 Å². The third-order valence-electron chi connectivity index (χ3n) is 4.55. The van der Waals surface area contributed by atoms with Crippen molar-refractivity contribution in [1.82, 2.24) is 5.32 Å². The Balaban J connectivity index is 1.52. The van der Waals surface area contributed by atoms with E-state index < -0.39 is 0 Å². The first-order valence-corrected chi connectivity index (χ1v) is 8.51. The van der Waals surface area contributed by atoms with E-state index in [1.165, 1.54) is 5.56 Å². The third-order valence-corrected chi connectivity index (χ3v) is 4.55. The predicted octanol–water partition coefficient (Wildman–Crippen LogP) is 2.58. The van der Waals surface area contributed by atoms with E-state index in [-0.39, 0.29) is 11.8 Å². The van der Waals surface area contributed by atoms with E-state index in [2.05, 4.69) is 34.5 Å². The number of amides is 1. The second-order valence-corrected chi connectivity index (χ2v) is 6.47. The molecule has 0 spiro atoms. The molecule has 1 saturated heterocycles. The van der Waals surface area contributed by atoms with Crippen LogP contribution >= 0.6 is 0 Å². The molecule has 1 aliphatic rings. The quantitative estimate of drug-likeness (QED) is 0.855. The molecule has 0 aliphatic carbocycles. The number of furan rings is 1. The van der Waals surface area contributed by atoms with Gasteiger partial charge in [0.1, 0.15) is 11.5 Å². The van der Waals surface area contributed by atoms with Gasteiger partial charge in [0, 0.05) is 25.3 Å². The maximum Gasteiger partial charge on any atom is 0.222 e. The highest BCUT2D eigenvalue weighted by atomic mass is 16.3. The molecule has 2 heterocycles. The molecular weight excluding hydrogens is 302 g/mol. The van der Waals surface area contributed by atoms with Gasteiger partial charge in [-0.05, 0) is 49.6 Å². The Labute approximate surface area is 142 Å². The van der Waals surface area contributed by atoms with Crippen LogP contribution in [0.25, 0.3) is 0 Å². The number of anilines is 1. The van der Waals surface area contributed by atoms with Gasteiger partial charge in [-0.1, -0.05) is 12.1 Å². The van der Waals surface area contributed by atoms with Gasteiger partial charge in [-0.2, -0.15) is 0 Å². The first-order chi connectivity index (χ1) is 11.6. The van der Waals surface area contributed by atoms with Crippen LogP contribution in [0.3, 0.4) is 0 Å². The minimum Gasteiger partial charge on any atom is -0.465 e. The summed E-state index contributed by atoms with van der Waals surface area (Å²) in [5.74, 6) is 1.67. The summed E-state index contributed by atoms with van der Waals surface area (Å²) in [6, 6.07) is 12.5. The molecule has 0 unspecified atom stereocenters. The first kappa shape index (κ1) is 16.6. The summed E-state index contributed by atoms with van der Waals surface area (Å²) in [5.41, 5.74) is 7.84. The number of nitrogens with zero attached hydrogens (tertiary/aromatic N) is 1. The average Bonchev–Trinajstić information content (AvgIpc) is 3.01. The number of hydrogen-bond donors (Lipinski definition) is 2. The van der Waals surface area contributed by atoms with Crippen LogP contribution in [-0.4, -0.2) is 19.0 Å². The van der Waals surface area contributed by atoms with Gasteiger partial charge in [0.05, 0.1) is 12.5 Å². The largest absolute Gasteiger partial charge is 0.465 e. The van der Waals surface area contributed by atoms with Crippen molar-refractivity contribution in [3.8, 4) is 0 Å². The Morgan fingerprint density at radius 3 is 2.71 bits per heavy atom. The summed E-state index contributed by atoms with van der Waals surface area (Å²) in [4.78, 5) is 13.7. The normalized spacial score (nSPS) is 17.9. The van der Waals surface area contributed by atoms with Crippen molar-refractivity contribution in [3.63, 3.8) is 0 Å². The highest BCUT2D eigenvalue weighted by molar-refractivity contribution is 5.77. The highest BCUT2D eigenvalue weighted by Gasteiger charge is 2.23. The van der Waals surface area contributed by atoms with Gasteiger partial charge in [-0.25, -0.2) is 0 Å². The highest BCUT2D eigenvalue weighted by Crippen LogP contribution is 2.23. The van der Waals surface area contributed by atoms with Crippen molar-refractivity contribution in [2.75, 3.05) is 18.0 Å². The number of nitrogens with two attached hydrogens (primary N) is 1. The molecular formula is C19H25N3O2. The van der Waals surface area contributed by atoms with Crippen LogP contribution in [0.1, 0.15) is 29.9 Å². The van der Waals surface area contributed by atoms with Crippen molar-refractivity contribution in [2.45, 2.75) is 32.9 Å². The summed E-state index contributed by atoms with van der Waals surface area (Å²) in [6.07, 6.45) is 1.92. The molecule has 1 aromatic heterocycles. The zero-order valence-electron chi connectivity index (χ0n) is 14.1. The molecule has 5 heteroatoms. The molecule has 1 amide bonds. The summed E-state index contributed by atoms with van der Waals surface area (Å²) in [5, 5.41) is 3.38. The summed E-state index contributed by atoms with van der Waals surface area (Å²) >= 11 is 0. The second kappa shape index (κ2) is 7.53. The van der Waals surface area contributed by atoms with Crippen LogP contribution in [0, 0.1) is 12.8 Å². The fourth-order valence-corrected chi connectivity index (χ4v) is 3.18. The Morgan fingerprint density at radius 1 is 1.25 bits per heavy atom. The van der Waals surface area contributed by atoms with E-state index in [0.29, 0.717) is 0 Å². The maximum absolute atomic E-state index is 11.4. The first-order valence-electron chi connectivity index (χ1n) is 8.51. The van der Waals surface area contributed by atoms with Crippen LogP contribution < -0.4 is 16.0 Å². The standard InChI is InChI=1S/C19H25N3O2/c1-14-4-9-18(24-14)12-21-11-15-5-7-17(8-6-15)22-10-2-3-16(13-22)19(20)23/h4-9,16,21H,2-3,10-13H2,1H3,(H2,20,23)/t16-/m1/s1. The molecule has 0 bridgehead atoms. The van der Waals surface area contributed by atoms with Crippen LogP contribution in [0.15, 0.2) is 40.8 Å². The molecule has 0 radical (unpaired) electrons. The van der Waals surface area contributed by atoms with E-state index in [9.17, 15) is 4.79 Å². The van der Waals surface area contributed by atoms with Gasteiger partial charge in [-0.3, -0.25) is 4.79 Å².